The van der Waals surface area contributed by atoms with Crippen molar-refractivity contribution in [2.45, 2.75) is 45.1 Å². The van der Waals surface area contributed by atoms with E-state index in [0.717, 1.165) is 12.8 Å². The molecule has 8 heteroatoms. The number of piperidine rings is 2. The molecule has 1 atom stereocenters. The van der Waals surface area contributed by atoms with Crippen molar-refractivity contribution >= 4 is 21.7 Å². The Labute approximate surface area is 173 Å². The predicted octanol–water partition coefficient (Wildman–Crippen LogP) is 2.32. The third-order valence-corrected chi connectivity index (χ3v) is 7.07. The summed E-state index contributed by atoms with van der Waals surface area (Å²) in [6.45, 7) is 3.91. The van der Waals surface area contributed by atoms with Crippen LogP contribution in [0.4, 0.5) is 0 Å². The van der Waals surface area contributed by atoms with Gasteiger partial charge in [0, 0.05) is 44.1 Å². The molecule has 3 rings (SSSR count). The predicted molar refractivity (Wildman–Crippen MR) is 110 cm³/mol. The molecule has 0 bridgehead atoms. The zero-order chi connectivity index (χ0) is 21.0. The Hall–Kier alpha value is -1.93. The van der Waals surface area contributed by atoms with Gasteiger partial charge in [0.2, 0.25) is 10.0 Å². The minimum Gasteiger partial charge on any atom is -0.490 e. The number of carbonyl (C=O) groups is 2. The second kappa shape index (κ2) is 9.26. The number of sulfonamides is 1. The maximum absolute atomic E-state index is 12.9. The topological polar surface area (TPSA) is 84.0 Å². The molecule has 1 amide bonds. The molecule has 0 N–H and O–H groups in total. The molecular formula is C21H30N2O5S. The highest BCUT2D eigenvalue weighted by Gasteiger charge is 2.29. The number of hydrogen-bond acceptors (Lipinski definition) is 5. The Morgan fingerprint density at radius 1 is 1.14 bits per heavy atom. The maximum atomic E-state index is 12.9. The second-order valence-electron chi connectivity index (χ2n) is 7.92. The van der Waals surface area contributed by atoms with Gasteiger partial charge in [-0.1, -0.05) is 13.0 Å². The summed E-state index contributed by atoms with van der Waals surface area (Å²) in [4.78, 5) is 26.7. The molecule has 1 aromatic rings. The number of carbonyl (C=O) groups excluding carboxylic acids is 2. The molecule has 1 aromatic carbocycles. The first kappa shape index (κ1) is 21.8. The van der Waals surface area contributed by atoms with E-state index in [-0.39, 0.29) is 23.7 Å². The molecule has 7 nitrogen and oxygen atoms in total. The molecule has 160 valence electrons. The number of hydrogen-bond donors (Lipinski definition) is 0. The average Bonchev–Trinajstić information content (AvgIpc) is 2.72. The first-order valence-electron chi connectivity index (χ1n) is 10.3. The van der Waals surface area contributed by atoms with Crippen molar-refractivity contribution < 1.29 is 22.7 Å². The van der Waals surface area contributed by atoms with Crippen LogP contribution >= 0.6 is 0 Å². The molecule has 2 heterocycles. The van der Waals surface area contributed by atoms with Gasteiger partial charge in [-0.05, 0) is 43.9 Å². The molecular weight excluding hydrogens is 392 g/mol. The maximum Gasteiger partial charge on any atom is 0.254 e. The Morgan fingerprint density at radius 2 is 1.86 bits per heavy atom. The van der Waals surface area contributed by atoms with Crippen LogP contribution in [-0.2, 0) is 14.8 Å². The summed E-state index contributed by atoms with van der Waals surface area (Å²) in [5.41, 5.74) is 0.556. The fraction of sp³-hybridized carbons (Fsp3) is 0.619. The Bertz CT molecular complexity index is 846. The van der Waals surface area contributed by atoms with Crippen LogP contribution in [0, 0.1) is 5.92 Å². The van der Waals surface area contributed by atoms with Gasteiger partial charge in [-0.15, -0.1) is 0 Å². The van der Waals surface area contributed by atoms with Gasteiger partial charge < -0.3 is 9.64 Å². The largest absolute Gasteiger partial charge is 0.490 e. The Balaban J connectivity index is 1.61. The molecule has 29 heavy (non-hydrogen) atoms. The summed E-state index contributed by atoms with van der Waals surface area (Å²) in [7, 11) is -3.16. The van der Waals surface area contributed by atoms with E-state index in [4.69, 9.17) is 4.74 Å². The lowest BCUT2D eigenvalue weighted by Gasteiger charge is -2.32. The van der Waals surface area contributed by atoms with Crippen molar-refractivity contribution in [1.29, 1.82) is 0 Å². The van der Waals surface area contributed by atoms with Gasteiger partial charge in [0.15, 0.2) is 0 Å². The van der Waals surface area contributed by atoms with Crippen LogP contribution in [0.15, 0.2) is 24.3 Å². The van der Waals surface area contributed by atoms with E-state index in [1.165, 1.54) is 10.6 Å². The van der Waals surface area contributed by atoms with E-state index in [0.29, 0.717) is 56.8 Å². The summed E-state index contributed by atoms with van der Waals surface area (Å²) in [5, 5.41) is 0. The number of rotatable bonds is 6. The number of ketones is 1. The van der Waals surface area contributed by atoms with Crippen LogP contribution < -0.4 is 4.74 Å². The van der Waals surface area contributed by atoms with Crippen LogP contribution in [0.25, 0.3) is 0 Å². The van der Waals surface area contributed by atoms with Crippen molar-refractivity contribution in [3.8, 4) is 5.75 Å². The summed E-state index contributed by atoms with van der Waals surface area (Å²) in [6, 6.07) is 7.13. The van der Waals surface area contributed by atoms with Gasteiger partial charge in [-0.2, -0.15) is 0 Å². The Kier molecular flexibility index (Phi) is 6.95. The van der Waals surface area contributed by atoms with Crippen LogP contribution in [0.5, 0.6) is 5.75 Å². The zero-order valence-corrected chi connectivity index (χ0v) is 18.0. The van der Waals surface area contributed by atoms with Gasteiger partial charge in [0.05, 0.1) is 6.26 Å². The fourth-order valence-corrected chi connectivity index (χ4v) is 4.95. The standard InChI is InChI=1S/C21H30N2O5S/c1-3-20(24)17-7-5-11-22(15-17)21(25)16-6-4-8-19(14-16)28-18-9-12-23(13-10-18)29(2,26)27/h4,6,8,14,17-18H,3,5,7,9-13,15H2,1-2H3/t17-/m1/s1. The molecule has 0 saturated carbocycles. The van der Waals surface area contributed by atoms with Crippen LogP contribution in [0.3, 0.4) is 0 Å². The number of benzene rings is 1. The normalized spacial score (nSPS) is 21.7. The first-order valence-corrected chi connectivity index (χ1v) is 12.2. The van der Waals surface area contributed by atoms with E-state index in [1.54, 1.807) is 23.1 Å². The molecule has 2 fully saturated rings. The summed E-state index contributed by atoms with van der Waals surface area (Å²) < 4.78 is 30.7. The molecule has 2 saturated heterocycles. The monoisotopic (exact) mass is 422 g/mol. The van der Waals surface area contributed by atoms with Crippen molar-refractivity contribution in [1.82, 2.24) is 9.21 Å². The minimum absolute atomic E-state index is 0.0582. The number of nitrogens with zero attached hydrogens (tertiary/aromatic N) is 2. The lowest BCUT2D eigenvalue weighted by atomic mass is 9.92. The van der Waals surface area contributed by atoms with Crippen molar-refractivity contribution in [2.75, 3.05) is 32.4 Å². The number of Topliss-reactive ketones (excluding diaryl/α,β-unsaturated/α-hetero) is 1. The zero-order valence-electron chi connectivity index (χ0n) is 17.2. The van der Waals surface area contributed by atoms with Crippen LogP contribution in [0.2, 0.25) is 0 Å². The Morgan fingerprint density at radius 3 is 2.52 bits per heavy atom. The summed E-state index contributed by atoms with van der Waals surface area (Å²) >= 11 is 0. The molecule has 0 spiro atoms. The number of likely N-dealkylation sites (tertiary alicyclic amines) is 1. The number of amides is 1. The van der Waals surface area contributed by atoms with E-state index in [2.05, 4.69) is 0 Å². The first-order chi connectivity index (χ1) is 13.8. The second-order valence-corrected chi connectivity index (χ2v) is 9.90. The van der Waals surface area contributed by atoms with Gasteiger partial charge >= 0.3 is 0 Å². The quantitative estimate of drug-likeness (QED) is 0.703. The minimum atomic E-state index is -3.16. The molecule has 0 radical (unpaired) electrons. The molecule has 2 aliphatic rings. The fourth-order valence-electron chi connectivity index (χ4n) is 4.07. The number of ether oxygens (including phenoxy) is 1. The summed E-state index contributed by atoms with van der Waals surface area (Å²) in [6.07, 6.45) is 4.61. The van der Waals surface area contributed by atoms with E-state index >= 15 is 0 Å². The highest BCUT2D eigenvalue weighted by Crippen LogP contribution is 2.24. The molecule has 2 aliphatic heterocycles. The molecule has 0 aliphatic carbocycles. The lowest BCUT2D eigenvalue weighted by molar-refractivity contribution is -0.123. The third-order valence-electron chi connectivity index (χ3n) is 5.77. The molecule has 0 unspecified atom stereocenters. The van der Waals surface area contributed by atoms with Crippen molar-refractivity contribution in [3.05, 3.63) is 29.8 Å². The van der Waals surface area contributed by atoms with E-state index in [9.17, 15) is 18.0 Å². The molecule has 0 aromatic heterocycles. The summed E-state index contributed by atoms with van der Waals surface area (Å²) in [5.74, 6) is 0.708. The van der Waals surface area contributed by atoms with E-state index in [1.807, 2.05) is 13.0 Å². The highest BCUT2D eigenvalue weighted by atomic mass is 32.2. The smallest absolute Gasteiger partial charge is 0.254 e. The van der Waals surface area contributed by atoms with Crippen molar-refractivity contribution in [2.24, 2.45) is 5.92 Å². The van der Waals surface area contributed by atoms with Gasteiger partial charge in [-0.3, -0.25) is 9.59 Å². The third kappa shape index (κ3) is 5.57. The SMILES string of the molecule is CCC(=O)[C@@H]1CCCN(C(=O)c2cccc(OC3CCN(S(C)(=O)=O)CC3)c2)C1. The lowest BCUT2D eigenvalue weighted by Crippen LogP contribution is -2.42. The van der Waals surface area contributed by atoms with E-state index < -0.39 is 10.0 Å². The highest BCUT2D eigenvalue weighted by molar-refractivity contribution is 7.88. The van der Waals surface area contributed by atoms with Crippen LogP contribution in [-0.4, -0.2) is 67.9 Å². The van der Waals surface area contributed by atoms with Gasteiger partial charge in [0.1, 0.15) is 17.6 Å². The van der Waals surface area contributed by atoms with Gasteiger partial charge in [-0.25, -0.2) is 12.7 Å². The van der Waals surface area contributed by atoms with Gasteiger partial charge in [0.25, 0.3) is 5.91 Å². The van der Waals surface area contributed by atoms with Crippen molar-refractivity contribution in [3.63, 3.8) is 0 Å². The van der Waals surface area contributed by atoms with Crippen LogP contribution in [0.1, 0.15) is 49.4 Å². The average molecular weight is 423 g/mol.